The minimum absolute atomic E-state index is 0.0819. The highest BCUT2D eigenvalue weighted by atomic mass is 16.2. The molecule has 17 heavy (non-hydrogen) atoms. The van der Waals surface area contributed by atoms with Crippen LogP contribution in [0.25, 0.3) is 0 Å². The van der Waals surface area contributed by atoms with Crippen LogP contribution in [0.4, 0.5) is 0 Å². The van der Waals surface area contributed by atoms with Gasteiger partial charge in [0, 0.05) is 19.2 Å². The van der Waals surface area contributed by atoms with E-state index < -0.39 is 6.04 Å². The van der Waals surface area contributed by atoms with Crippen molar-refractivity contribution in [2.75, 3.05) is 6.54 Å². The molecule has 2 rings (SSSR count). The van der Waals surface area contributed by atoms with E-state index in [1.807, 2.05) is 6.07 Å². The van der Waals surface area contributed by atoms with Gasteiger partial charge in [-0.25, -0.2) is 0 Å². The summed E-state index contributed by atoms with van der Waals surface area (Å²) in [5, 5.41) is 10.3. The van der Waals surface area contributed by atoms with E-state index in [-0.39, 0.29) is 11.8 Å². The minimum atomic E-state index is -0.471. The van der Waals surface area contributed by atoms with Crippen molar-refractivity contribution >= 4 is 11.8 Å². The van der Waals surface area contributed by atoms with Gasteiger partial charge in [0.05, 0.1) is 12.2 Å². The largest absolute Gasteiger partial charge is 0.345 e. The SMILES string of the molecule is CC1NC(=O)CCN(Cc2cccnn2)C1=O. The van der Waals surface area contributed by atoms with E-state index in [9.17, 15) is 9.59 Å². The quantitative estimate of drug-likeness (QED) is 0.763. The highest BCUT2D eigenvalue weighted by Crippen LogP contribution is 2.07. The van der Waals surface area contributed by atoms with Crippen LogP contribution in [-0.2, 0) is 16.1 Å². The van der Waals surface area contributed by atoms with Crippen LogP contribution >= 0.6 is 0 Å². The lowest BCUT2D eigenvalue weighted by Gasteiger charge is -2.21. The molecule has 0 bridgehead atoms. The Morgan fingerprint density at radius 1 is 1.53 bits per heavy atom. The number of nitrogens with zero attached hydrogens (tertiary/aromatic N) is 3. The van der Waals surface area contributed by atoms with E-state index in [0.717, 1.165) is 5.69 Å². The number of hydrogen-bond acceptors (Lipinski definition) is 4. The Balaban J connectivity index is 2.09. The molecule has 1 aromatic rings. The number of hydrogen-bond donors (Lipinski definition) is 1. The Morgan fingerprint density at radius 3 is 3.06 bits per heavy atom. The van der Waals surface area contributed by atoms with E-state index in [1.54, 1.807) is 24.1 Å². The molecule has 2 heterocycles. The number of aromatic nitrogens is 2. The maximum atomic E-state index is 12.0. The first-order chi connectivity index (χ1) is 8.16. The molecule has 2 amide bonds. The Morgan fingerprint density at radius 2 is 2.35 bits per heavy atom. The van der Waals surface area contributed by atoms with Gasteiger partial charge in [-0.2, -0.15) is 10.2 Å². The van der Waals surface area contributed by atoms with Crippen molar-refractivity contribution in [1.82, 2.24) is 20.4 Å². The summed E-state index contributed by atoms with van der Waals surface area (Å²) < 4.78 is 0. The fourth-order valence-corrected chi connectivity index (χ4v) is 1.77. The van der Waals surface area contributed by atoms with Gasteiger partial charge in [-0.05, 0) is 19.1 Å². The van der Waals surface area contributed by atoms with Gasteiger partial charge in [-0.15, -0.1) is 0 Å². The number of carbonyl (C=O) groups is 2. The van der Waals surface area contributed by atoms with Crippen LogP contribution in [0.1, 0.15) is 19.0 Å². The smallest absolute Gasteiger partial charge is 0.245 e. The molecule has 0 aliphatic carbocycles. The summed E-state index contributed by atoms with van der Waals surface area (Å²) >= 11 is 0. The molecule has 1 aromatic heterocycles. The molecule has 1 saturated heterocycles. The van der Waals surface area contributed by atoms with Crippen molar-refractivity contribution in [3.05, 3.63) is 24.0 Å². The Kier molecular flexibility index (Phi) is 3.32. The second-order valence-electron chi connectivity index (χ2n) is 4.01. The maximum Gasteiger partial charge on any atom is 0.245 e. The van der Waals surface area contributed by atoms with Crippen molar-refractivity contribution < 1.29 is 9.59 Å². The zero-order valence-corrected chi connectivity index (χ0v) is 9.59. The fourth-order valence-electron chi connectivity index (χ4n) is 1.77. The second kappa shape index (κ2) is 4.90. The van der Waals surface area contributed by atoms with Gasteiger partial charge in [0.2, 0.25) is 11.8 Å². The summed E-state index contributed by atoms with van der Waals surface area (Å²) in [6, 6.07) is 3.12. The van der Waals surface area contributed by atoms with Gasteiger partial charge < -0.3 is 10.2 Å². The van der Waals surface area contributed by atoms with Gasteiger partial charge in [0.15, 0.2) is 0 Å². The highest BCUT2D eigenvalue weighted by Gasteiger charge is 2.26. The molecule has 0 radical (unpaired) electrons. The standard InChI is InChI=1S/C11H14N4O2/c1-8-11(17)15(6-4-10(16)13-8)7-9-3-2-5-12-14-9/h2-3,5,8H,4,6-7H2,1H3,(H,13,16). The molecule has 1 aliphatic heterocycles. The molecule has 90 valence electrons. The predicted molar refractivity (Wildman–Crippen MR) is 59.7 cm³/mol. The predicted octanol–water partition coefficient (Wildman–Crippen LogP) is -0.286. The van der Waals surface area contributed by atoms with Crippen LogP contribution in [0.2, 0.25) is 0 Å². The van der Waals surface area contributed by atoms with Crippen LogP contribution in [0.15, 0.2) is 18.3 Å². The molecule has 0 saturated carbocycles. The topological polar surface area (TPSA) is 75.2 Å². The van der Waals surface area contributed by atoms with Crippen molar-refractivity contribution in [2.24, 2.45) is 0 Å². The van der Waals surface area contributed by atoms with Gasteiger partial charge in [0.25, 0.3) is 0 Å². The maximum absolute atomic E-state index is 12.0. The monoisotopic (exact) mass is 234 g/mol. The summed E-state index contributed by atoms with van der Waals surface area (Å²) in [6.07, 6.45) is 1.91. The van der Waals surface area contributed by atoms with Crippen LogP contribution < -0.4 is 5.32 Å². The van der Waals surface area contributed by atoms with Crippen molar-refractivity contribution in [2.45, 2.75) is 25.9 Å². The highest BCUT2D eigenvalue weighted by molar-refractivity contribution is 5.89. The van der Waals surface area contributed by atoms with E-state index in [4.69, 9.17) is 0 Å². The van der Waals surface area contributed by atoms with Crippen LogP contribution in [-0.4, -0.2) is 39.5 Å². The van der Waals surface area contributed by atoms with Crippen molar-refractivity contribution in [1.29, 1.82) is 0 Å². The van der Waals surface area contributed by atoms with E-state index in [2.05, 4.69) is 15.5 Å². The molecular weight excluding hydrogens is 220 g/mol. The lowest BCUT2D eigenvalue weighted by Crippen LogP contribution is -2.42. The van der Waals surface area contributed by atoms with E-state index in [1.165, 1.54) is 0 Å². The number of amides is 2. The third kappa shape index (κ3) is 2.77. The molecular formula is C11H14N4O2. The van der Waals surface area contributed by atoms with Crippen LogP contribution in [0.3, 0.4) is 0 Å². The van der Waals surface area contributed by atoms with Crippen molar-refractivity contribution in [3.8, 4) is 0 Å². The minimum Gasteiger partial charge on any atom is -0.345 e. The first kappa shape index (κ1) is 11.5. The lowest BCUT2D eigenvalue weighted by molar-refractivity contribution is -0.133. The molecule has 6 heteroatoms. The zero-order valence-electron chi connectivity index (χ0n) is 9.59. The third-order valence-electron chi connectivity index (χ3n) is 2.65. The molecule has 6 nitrogen and oxygen atoms in total. The molecule has 0 spiro atoms. The fraction of sp³-hybridized carbons (Fsp3) is 0.455. The average molecular weight is 234 g/mol. The summed E-state index contributed by atoms with van der Waals surface area (Å²) in [5.74, 6) is -0.172. The van der Waals surface area contributed by atoms with Gasteiger partial charge >= 0.3 is 0 Å². The van der Waals surface area contributed by atoms with Crippen LogP contribution in [0.5, 0.6) is 0 Å². The van der Waals surface area contributed by atoms with E-state index >= 15 is 0 Å². The molecule has 0 aromatic carbocycles. The van der Waals surface area contributed by atoms with Crippen molar-refractivity contribution in [3.63, 3.8) is 0 Å². The third-order valence-corrected chi connectivity index (χ3v) is 2.65. The Labute approximate surface area is 99.0 Å². The molecule has 1 unspecified atom stereocenters. The summed E-state index contributed by atoms with van der Waals surface area (Å²) in [4.78, 5) is 24.9. The Bertz CT molecular complexity index is 421. The first-order valence-corrected chi connectivity index (χ1v) is 5.51. The summed E-state index contributed by atoms with van der Waals surface area (Å²) in [7, 11) is 0. The van der Waals surface area contributed by atoms with Crippen LogP contribution in [0, 0.1) is 0 Å². The first-order valence-electron chi connectivity index (χ1n) is 5.51. The lowest BCUT2D eigenvalue weighted by atomic mass is 10.2. The molecule has 1 N–H and O–H groups in total. The van der Waals surface area contributed by atoms with Gasteiger partial charge in [-0.1, -0.05) is 0 Å². The Hall–Kier alpha value is -1.98. The van der Waals surface area contributed by atoms with Gasteiger partial charge in [-0.3, -0.25) is 9.59 Å². The zero-order chi connectivity index (χ0) is 12.3. The molecule has 1 atom stereocenters. The number of nitrogens with one attached hydrogen (secondary N) is 1. The number of rotatable bonds is 2. The molecule has 1 aliphatic rings. The summed E-state index contributed by atoms with van der Waals surface area (Å²) in [6.45, 7) is 2.51. The summed E-state index contributed by atoms with van der Waals surface area (Å²) in [5.41, 5.74) is 0.724. The molecule has 1 fully saturated rings. The van der Waals surface area contributed by atoms with Gasteiger partial charge in [0.1, 0.15) is 6.04 Å². The second-order valence-corrected chi connectivity index (χ2v) is 4.01. The number of carbonyl (C=O) groups excluding carboxylic acids is 2. The average Bonchev–Trinajstić information content (AvgIpc) is 2.44. The normalized spacial score (nSPS) is 21.0. The van der Waals surface area contributed by atoms with E-state index in [0.29, 0.717) is 19.5 Å².